The van der Waals surface area contributed by atoms with Crippen LogP contribution in [-0.2, 0) is 6.54 Å². The van der Waals surface area contributed by atoms with Crippen LogP contribution >= 0.6 is 22.6 Å². The Hall–Kier alpha value is -3.05. The number of nitrogens with one attached hydrogen (secondary N) is 3. The molecule has 0 bridgehead atoms. The van der Waals surface area contributed by atoms with Gasteiger partial charge in [-0.2, -0.15) is 0 Å². The van der Waals surface area contributed by atoms with Gasteiger partial charge < -0.3 is 21.7 Å². The Bertz CT molecular complexity index is 1150. The molecule has 1 saturated heterocycles. The van der Waals surface area contributed by atoms with Crippen LogP contribution in [0.4, 0.5) is 5.82 Å². The second-order valence-corrected chi connectivity index (χ2v) is 9.14. The van der Waals surface area contributed by atoms with E-state index in [2.05, 4.69) is 48.5 Å². The van der Waals surface area contributed by atoms with Crippen molar-refractivity contribution in [2.24, 2.45) is 0 Å². The van der Waals surface area contributed by atoms with Crippen molar-refractivity contribution in [3.05, 3.63) is 75.1 Å². The summed E-state index contributed by atoms with van der Waals surface area (Å²) in [6.45, 7) is 2.11. The third-order valence-electron chi connectivity index (χ3n) is 5.43. The molecule has 0 saturated carbocycles. The van der Waals surface area contributed by atoms with Crippen molar-refractivity contribution < 1.29 is 9.59 Å². The Morgan fingerprint density at radius 2 is 1.97 bits per heavy atom. The zero-order valence-corrected chi connectivity index (χ0v) is 20.1. The molecule has 1 aliphatic rings. The molecule has 8 nitrogen and oxygen atoms in total. The van der Waals surface area contributed by atoms with Gasteiger partial charge in [0.2, 0.25) is 0 Å². The molecule has 1 atom stereocenters. The minimum absolute atomic E-state index is 0.0382. The zero-order valence-electron chi connectivity index (χ0n) is 18.0. The van der Waals surface area contributed by atoms with Crippen LogP contribution in [0.25, 0.3) is 11.3 Å². The van der Waals surface area contributed by atoms with Crippen LogP contribution in [0.5, 0.6) is 0 Å². The number of benzene rings is 2. The van der Waals surface area contributed by atoms with E-state index >= 15 is 0 Å². The van der Waals surface area contributed by atoms with Crippen molar-refractivity contribution in [2.45, 2.75) is 25.4 Å². The van der Waals surface area contributed by atoms with Crippen molar-refractivity contribution in [2.75, 3.05) is 18.8 Å². The van der Waals surface area contributed by atoms with Gasteiger partial charge in [0.05, 0.1) is 11.9 Å². The van der Waals surface area contributed by atoms with E-state index < -0.39 is 0 Å². The second-order valence-electron chi connectivity index (χ2n) is 7.90. The molecule has 1 fully saturated rings. The molecule has 2 amide bonds. The summed E-state index contributed by atoms with van der Waals surface area (Å²) in [6, 6.07) is 15.1. The maximum Gasteiger partial charge on any atom is 0.274 e. The van der Waals surface area contributed by atoms with Crippen LogP contribution < -0.4 is 21.7 Å². The van der Waals surface area contributed by atoms with E-state index in [-0.39, 0.29) is 29.4 Å². The largest absolute Gasteiger partial charge is 0.382 e. The molecule has 5 N–H and O–H groups in total. The normalized spacial score (nSPS) is 15.6. The van der Waals surface area contributed by atoms with Gasteiger partial charge in [0.15, 0.2) is 11.5 Å². The minimum atomic E-state index is -0.345. The van der Waals surface area contributed by atoms with Crippen molar-refractivity contribution >= 4 is 40.2 Å². The fourth-order valence-electron chi connectivity index (χ4n) is 3.64. The van der Waals surface area contributed by atoms with Crippen molar-refractivity contribution in [1.29, 1.82) is 0 Å². The Morgan fingerprint density at radius 1 is 1.15 bits per heavy atom. The highest BCUT2D eigenvalue weighted by atomic mass is 127. The first-order valence-corrected chi connectivity index (χ1v) is 11.8. The first-order chi connectivity index (χ1) is 16.0. The summed E-state index contributed by atoms with van der Waals surface area (Å²) >= 11 is 2.24. The van der Waals surface area contributed by atoms with E-state index in [1.54, 1.807) is 18.2 Å². The van der Waals surface area contributed by atoms with Crippen LogP contribution in [0.3, 0.4) is 0 Å². The first kappa shape index (κ1) is 23.1. The molecule has 170 valence electrons. The molecule has 3 aromatic rings. The van der Waals surface area contributed by atoms with Gasteiger partial charge in [0.1, 0.15) is 0 Å². The van der Waals surface area contributed by atoms with Gasteiger partial charge in [-0.15, -0.1) is 0 Å². The van der Waals surface area contributed by atoms with Crippen LogP contribution in [-0.4, -0.2) is 40.9 Å². The average molecular weight is 556 g/mol. The molecule has 0 spiro atoms. The Labute approximate surface area is 205 Å². The molecule has 0 aliphatic carbocycles. The predicted octanol–water partition coefficient (Wildman–Crippen LogP) is 2.74. The maximum absolute atomic E-state index is 12.7. The third kappa shape index (κ3) is 6.05. The number of piperidine rings is 1. The van der Waals surface area contributed by atoms with Crippen LogP contribution in [0.2, 0.25) is 0 Å². The number of amides is 2. The van der Waals surface area contributed by atoms with Gasteiger partial charge in [-0.05, 0) is 71.8 Å². The lowest BCUT2D eigenvalue weighted by Crippen LogP contribution is -2.46. The molecule has 9 heteroatoms. The average Bonchev–Trinajstić information content (AvgIpc) is 2.84. The number of rotatable bonds is 6. The highest BCUT2D eigenvalue weighted by molar-refractivity contribution is 14.1. The number of nitrogens with two attached hydrogens (primary N) is 1. The fraction of sp³-hybridized carbons (Fsp3) is 0.250. The summed E-state index contributed by atoms with van der Waals surface area (Å²) in [6.07, 6.45) is 3.42. The fourth-order valence-corrected chi connectivity index (χ4v) is 4.00. The van der Waals surface area contributed by atoms with Gasteiger partial charge in [-0.3, -0.25) is 9.59 Å². The Balaban J connectivity index is 1.48. The van der Waals surface area contributed by atoms with Gasteiger partial charge in [-0.25, -0.2) is 9.97 Å². The number of anilines is 1. The number of nitrogens with zero attached hydrogens (tertiary/aromatic N) is 2. The van der Waals surface area contributed by atoms with E-state index in [4.69, 9.17) is 5.73 Å². The summed E-state index contributed by atoms with van der Waals surface area (Å²) in [5, 5.41) is 9.16. The number of aromatic nitrogens is 2. The molecule has 2 heterocycles. The molecule has 2 aromatic carbocycles. The number of halogens is 1. The molecular weight excluding hydrogens is 531 g/mol. The van der Waals surface area contributed by atoms with E-state index in [1.165, 1.54) is 6.20 Å². The van der Waals surface area contributed by atoms with E-state index in [0.717, 1.165) is 35.1 Å². The lowest BCUT2D eigenvalue weighted by Gasteiger charge is -2.23. The highest BCUT2D eigenvalue weighted by Crippen LogP contribution is 2.20. The Kier molecular flexibility index (Phi) is 7.50. The lowest BCUT2D eigenvalue weighted by molar-refractivity contribution is 0.0923. The van der Waals surface area contributed by atoms with Crippen molar-refractivity contribution in [3.8, 4) is 11.3 Å². The topological polar surface area (TPSA) is 122 Å². The minimum Gasteiger partial charge on any atom is -0.382 e. The summed E-state index contributed by atoms with van der Waals surface area (Å²) in [5.74, 6) is -0.463. The second kappa shape index (κ2) is 10.7. The zero-order chi connectivity index (χ0) is 23.2. The van der Waals surface area contributed by atoms with E-state index in [0.29, 0.717) is 23.4 Å². The number of carbonyl (C=O) groups is 2. The molecule has 1 aliphatic heterocycles. The number of nitrogen functional groups attached to an aromatic ring is 1. The van der Waals surface area contributed by atoms with Crippen LogP contribution in [0, 0.1) is 3.57 Å². The molecular formula is C24H25IN6O2. The number of hydrogen-bond acceptors (Lipinski definition) is 6. The first-order valence-electron chi connectivity index (χ1n) is 10.8. The lowest BCUT2D eigenvalue weighted by atomic mass is 10.1. The number of carbonyl (C=O) groups excluding carboxylic acids is 2. The van der Waals surface area contributed by atoms with E-state index in [9.17, 15) is 9.59 Å². The maximum atomic E-state index is 12.7. The summed E-state index contributed by atoms with van der Waals surface area (Å²) < 4.78 is 1.14. The van der Waals surface area contributed by atoms with Crippen molar-refractivity contribution in [1.82, 2.24) is 25.9 Å². The summed E-state index contributed by atoms with van der Waals surface area (Å²) in [4.78, 5) is 34.1. The predicted molar refractivity (Wildman–Crippen MR) is 136 cm³/mol. The van der Waals surface area contributed by atoms with Crippen LogP contribution in [0.15, 0.2) is 54.7 Å². The Morgan fingerprint density at radius 3 is 2.73 bits per heavy atom. The smallest absolute Gasteiger partial charge is 0.274 e. The summed E-state index contributed by atoms with van der Waals surface area (Å²) in [5.41, 5.74) is 8.70. The van der Waals surface area contributed by atoms with Gasteiger partial charge >= 0.3 is 0 Å². The van der Waals surface area contributed by atoms with Crippen LogP contribution in [0.1, 0.15) is 39.3 Å². The molecule has 0 radical (unpaired) electrons. The molecule has 1 unspecified atom stereocenters. The van der Waals surface area contributed by atoms with Gasteiger partial charge in [0, 0.05) is 33.8 Å². The van der Waals surface area contributed by atoms with Gasteiger partial charge in [-0.1, -0.05) is 24.3 Å². The molecule has 33 heavy (non-hydrogen) atoms. The van der Waals surface area contributed by atoms with E-state index in [1.807, 2.05) is 30.3 Å². The monoisotopic (exact) mass is 556 g/mol. The number of hydrogen-bond donors (Lipinski definition) is 4. The standard InChI is InChI=1S/C24H25IN6O2/c25-18-8-6-15(7-9-18)12-29-23(32)17-4-1-3-16(11-17)20-14-28-22(26)21(31-20)24(33)30-19-5-2-10-27-13-19/h1,3-4,6-9,11,14,19,27H,2,5,10,12-13H2,(H2,26,28)(H,29,32)(H,30,33). The van der Waals surface area contributed by atoms with Crippen molar-refractivity contribution in [3.63, 3.8) is 0 Å². The molecule has 1 aromatic heterocycles. The highest BCUT2D eigenvalue weighted by Gasteiger charge is 2.20. The van der Waals surface area contributed by atoms with Gasteiger partial charge in [0.25, 0.3) is 11.8 Å². The quantitative estimate of drug-likeness (QED) is 0.347. The third-order valence-corrected chi connectivity index (χ3v) is 6.15. The SMILES string of the molecule is Nc1ncc(-c2cccc(C(=O)NCc3ccc(I)cc3)c2)nc1C(=O)NC1CCCNC1. The summed E-state index contributed by atoms with van der Waals surface area (Å²) in [7, 11) is 0. The molecule has 4 rings (SSSR count).